The Morgan fingerprint density at radius 2 is 2.07 bits per heavy atom. The van der Waals surface area contributed by atoms with Gasteiger partial charge in [0.15, 0.2) is 5.78 Å². The maximum Gasteiger partial charge on any atom is 0.227 e. The van der Waals surface area contributed by atoms with Crippen molar-refractivity contribution in [3.8, 4) is 5.75 Å². The van der Waals surface area contributed by atoms with Crippen LogP contribution in [0, 0.1) is 0 Å². The highest BCUT2D eigenvalue weighted by atomic mass is 32.2. The van der Waals surface area contributed by atoms with E-state index in [2.05, 4.69) is 15.4 Å². The number of allylic oxidation sites excluding steroid dienone is 2. The van der Waals surface area contributed by atoms with Gasteiger partial charge in [-0.1, -0.05) is 42.1 Å². The first-order valence-corrected chi connectivity index (χ1v) is 10.1. The van der Waals surface area contributed by atoms with Crippen molar-refractivity contribution < 1.29 is 9.90 Å². The molecule has 0 amide bonds. The lowest BCUT2D eigenvalue weighted by atomic mass is 9.83. The van der Waals surface area contributed by atoms with Crippen LogP contribution in [0.3, 0.4) is 0 Å². The highest BCUT2D eigenvalue weighted by Gasteiger charge is 2.38. The van der Waals surface area contributed by atoms with Crippen LogP contribution in [0.2, 0.25) is 0 Å². The second kappa shape index (κ2) is 6.13. The second-order valence-electron chi connectivity index (χ2n) is 6.78. The topological polar surface area (TPSA) is 80.0 Å². The van der Waals surface area contributed by atoms with E-state index < -0.39 is 6.04 Å². The number of fused-ring (bicyclic) bond motifs is 2. The third kappa shape index (κ3) is 2.45. The van der Waals surface area contributed by atoms with Crippen LogP contribution in [-0.4, -0.2) is 31.9 Å². The van der Waals surface area contributed by atoms with E-state index in [0.29, 0.717) is 28.7 Å². The van der Waals surface area contributed by atoms with E-state index in [1.54, 1.807) is 10.7 Å². The van der Waals surface area contributed by atoms with Crippen LogP contribution in [0.5, 0.6) is 5.75 Å². The molecule has 2 N–H and O–H groups in total. The molecule has 0 fully saturated rings. The average molecular weight is 378 g/mol. The maximum absolute atomic E-state index is 12.9. The summed E-state index contributed by atoms with van der Waals surface area (Å²) in [7, 11) is 0. The number of nitrogens with zero attached hydrogens (tertiary/aromatic N) is 3. The van der Waals surface area contributed by atoms with Gasteiger partial charge in [0.1, 0.15) is 11.8 Å². The van der Waals surface area contributed by atoms with Gasteiger partial charge in [-0.05, 0) is 35.9 Å². The van der Waals surface area contributed by atoms with Crippen LogP contribution in [0.25, 0.3) is 10.8 Å². The number of nitrogens with one attached hydrogen (secondary N) is 1. The molecule has 1 unspecified atom stereocenters. The van der Waals surface area contributed by atoms with Crippen LogP contribution in [0.15, 0.2) is 52.8 Å². The van der Waals surface area contributed by atoms with Gasteiger partial charge in [0.2, 0.25) is 11.1 Å². The number of hydrogen-bond donors (Lipinski definition) is 2. The van der Waals surface area contributed by atoms with Gasteiger partial charge in [0.25, 0.3) is 0 Å². The summed E-state index contributed by atoms with van der Waals surface area (Å²) in [5, 5.41) is 21.3. The molecule has 2 aromatic carbocycles. The Kier molecular flexibility index (Phi) is 3.72. The first-order valence-electron chi connectivity index (χ1n) is 8.92. The summed E-state index contributed by atoms with van der Waals surface area (Å²) in [5.41, 5.74) is 2.30. The van der Waals surface area contributed by atoms with Gasteiger partial charge < -0.3 is 10.4 Å². The van der Waals surface area contributed by atoms with Gasteiger partial charge in [-0.25, -0.2) is 4.68 Å². The van der Waals surface area contributed by atoms with Crippen LogP contribution < -0.4 is 5.32 Å². The number of ketones is 1. The lowest BCUT2D eigenvalue weighted by molar-refractivity contribution is -0.116. The van der Waals surface area contributed by atoms with Crippen LogP contribution >= 0.6 is 11.8 Å². The lowest BCUT2D eigenvalue weighted by Crippen LogP contribution is -2.31. The molecule has 1 aromatic heterocycles. The number of anilines is 1. The molecule has 1 aliphatic heterocycles. The fraction of sp³-hybridized carbons (Fsp3) is 0.250. The summed E-state index contributed by atoms with van der Waals surface area (Å²) in [4.78, 5) is 17.4. The third-order valence-corrected chi connectivity index (χ3v) is 5.79. The minimum Gasteiger partial charge on any atom is -0.508 e. The summed E-state index contributed by atoms with van der Waals surface area (Å²) in [6, 6.07) is 11.0. The Hall–Kier alpha value is -2.80. The fourth-order valence-electron chi connectivity index (χ4n) is 4.06. The molecule has 2 aliphatic rings. The minimum absolute atomic E-state index is 0.105. The Bertz CT molecular complexity index is 1120. The van der Waals surface area contributed by atoms with Gasteiger partial charge in [0, 0.05) is 23.3 Å². The molecular formula is C20H18N4O2S. The van der Waals surface area contributed by atoms with Gasteiger partial charge in [-0.3, -0.25) is 4.79 Å². The molecule has 0 saturated heterocycles. The van der Waals surface area contributed by atoms with Gasteiger partial charge in [0.05, 0.1) is 0 Å². The Morgan fingerprint density at radius 1 is 1.22 bits per heavy atom. The molecule has 0 spiro atoms. The first kappa shape index (κ1) is 16.4. The van der Waals surface area contributed by atoms with Gasteiger partial charge >= 0.3 is 0 Å². The van der Waals surface area contributed by atoms with Gasteiger partial charge in [-0.15, -0.1) is 5.10 Å². The van der Waals surface area contributed by atoms with E-state index in [0.717, 1.165) is 29.3 Å². The third-order valence-electron chi connectivity index (χ3n) is 5.25. The van der Waals surface area contributed by atoms with Crippen molar-refractivity contribution in [2.75, 3.05) is 11.6 Å². The monoisotopic (exact) mass is 378 g/mol. The standard InChI is InChI=1S/C20H18N4O2S/c1-27-20-22-19-21-13-7-4-8-14(25)17(13)18(24(19)23-20)16-12-6-3-2-5-11(12)9-10-15(16)26/h2-3,5-6,9-10,18,26H,4,7-8H2,1H3,(H,21,22,23). The zero-order valence-corrected chi connectivity index (χ0v) is 15.6. The molecule has 2 heterocycles. The van der Waals surface area contributed by atoms with Crippen molar-refractivity contribution in [1.29, 1.82) is 0 Å². The largest absolute Gasteiger partial charge is 0.508 e. The smallest absolute Gasteiger partial charge is 0.227 e. The number of aromatic hydroxyl groups is 1. The van der Waals surface area contributed by atoms with Crippen molar-refractivity contribution >= 4 is 34.3 Å². The average Bonchev–Trinajstić information content (AvgIpc) is 3.10. The van der Waals surface area contributed by atoms with Crippen molar-refractivity contribution in [2.24, 2.45) is 0 Å². The molecule has 0 saturated carbocycles. The maximum atomic E-state index is 12.9. The van der Waals surface area contributed by atoms with Crippen molar-refractivity contribution in [2.45, 2.75) is 30.5 Å². The minimum atomic E-state index is -0.483. The predicted octanol–water partition coefficient (Wildman–Crippen LogP) is 3.88. The van der Waals surface area contributed by atoms with E-state index in [9.17, 15) is 9.90 Å². The van der Waals surface area contributed by atoms with Crippen molar-refractivity contribution in [3.63, 3.8) is 0 Å². The number of rotatable bonds is 2. The van der Waals surface area contributed by atoms with Crippen LogP contribution in [0.4, 0.5) is 5.95 Å². The molecule has 3 aromatic rings. The molecule has 136 valence electrons. The molecule has 6 nitrogen and oxygen atoms in total. The van der Waals surface area contributed by atoms with E-state index in [1.807, 2.05) is 36.6 Å². The Morgan fingerprint density at radius 3 is 2.93 bits per heavy atom. The molecular weight excluding hydrogens is 360 g/mol. The summed E-state index contributed by atoms with van der Waals surface area (Å²) in [6.45, 7) is 0. The number of hydrogen-bond acceptors (Lipinski definition) is 6. The number of carbonyl (C=O) groups is 1. The highest BCUT2D eigenvalue weighted by molar-refractivity contribution is 7.98. The zero-order valence-electron chi connectivity index (χ0n) is 14.8. The highest BCUT2D eigenvalue weighted by Crippen LogP contribution is 2.45. The number of thioether (sulfide) groups is 1. The number of aromatic nitrogens is 3. The number of phenols is 1. The summed E-state index contributed by atoms with van der Waals surface area (Å²) in [6.07, 6.45) is 4.05. The van der Waals surface area contributed by atoms with Gasteiger partial charge in [-0.2, -0.15) is 4.98 Å². The molecule has 5 rings (SSSR count). The number of Topliss-reactive ketones (excluding diaryl/α,β-unsaturated/α-hetero) is 1. The quantitative estimate of drug-likeness (QED) is 0.659. The summed E-state index contributed by atoms with van der Waals surface area (Å²) in [5.74, 6) is 0.885. The Labute approximate surface area is 160 Å². The summed E-state index contributed by atoms with van der Waals surface area (Å²) < 4.78 is 1.75. The number of benzene rings is 2. The lowest BCUT2D eigenvalue weighted by Gasteiger charge is -2.32. The molecule has 0 radical (unpaired) electrons. The normalized spacial score (nSPS) is 19.0. The molecule has 1 atom stereocenters. The first-order chi connectivity index (χ1) is 13.2. The second-order valence-corrected chi connectivity index (χ2v) is 7.56. The SMILES string of the molecule is CSc1nc2n(n1)C(c1c(O)ccc3ccccc13)C1=C(CCCC1=O)N2. The van der Waals surface area contributed by atoms with E-state index in [-0.39, 0.29) is 11.5 Å². The molecule has 7 heteroatoms. The molecule has 1 aliphatic carbocycles. The molecule has 0 bridgehead atoms. The van der Waals surface area contributed by atoms with E-state index in [1.165, 1.54) is 11.8 Å². The fourth-order valence-corrected chi connectivity index (χ4v) is 4.41. The van der Waals surface area contributed by atoms with Crippen molar-refractivity contribution in [3.05, 3.63) is 53.2 Å². The van der Waals surface area contributed by atoms with Crippen LogP contribution in [-0.2, 0) is 4.79 Å². The molecule has 27 heavy (non-hydrogen) atoms. The zero-order chi connectivity index (χ0) is 18.5. The number of phenolic OH excluding ortho intramolecular Hbond substituents is 1. The van der Waals surface area contributed by atoms with Crippen LogP contribution in [0.1, 0.15) is 30.9 Å². The van der Waals surface area contributed by atoms with E-state index in [4.69, 9.17) is 0 Å². The van der Waals surface area contributed by atoms with E-state index >= 15 is 0 Å². The predicted molar refractivity (Wildman–Crippen MR) is 105 cm³/mol. The van der Waals surface area contributed by atoms with Crippen molar-refractivity contribution in [1.82, 2.24) is 14.8 Å². The number of carbonyl (C=O) groups excluding carboxylic acids is 1. The Balaban J connectivity index is 1.84. The summed E-state index contributed by atoms with van der Waals surface area (Å²) >= 11 is 1.45.